The maximum atomic E-state index is 12.1. The van der Waals surface area contributed by atoms with Gasteiger partial charge in [0.25, 0.3) is 0 Å². The van der Waals surface area contributed by atoms with Gasteiger partial charge in [0.2, 0.25) is 11.8 Å². The van der Waals surface area contributed by atoms with Gasteiger partial charge in [-0.3, -0.25) is 14.9 Å². The normalized spacial score (nSPS) is 19.8. The number of hydrogen-bond acceptors (Lipinski definition) is 5. The Bertz CT molecular complexity index is 754. The first-order valence-corrected chi connectivity index (χ1v) is 9.72. The lowest BCUT2D eigenvalue weighted by Gasteiger charge is -2.31. The Morgan fingerprint density at radius 2 is 2.23 bits per heavy atom. The van der Waals surface area contributed by atoms with Gasteiger partial charge in [0.1, 0.15) is 11.3 Å². The molecule has 2 aromatic rings. The summed E-state index contributed by atoms with van der Waals surface area (Å²) in [4.78, 5) is 24.0. The lowest BCUT2D eigenvalue weighted by molar-refractivity contribution is -0.125. The molecule has 2 atom stereocenters. The van der Waals surface area contributed by atoms with Crippen molar-refractivity contribution in [3.63, 3.8) is 0 Å². The molecule has 1 aromatic carbocycles. The lowest BCUT2D eigenvalue weighted by atomic mass is 10.1. The van der Waals surface area contributed by atoms with Crippen molar-refractivity contribution in [1.82, 2.24) is 16.0 Å². The van der Waals surface area contributed by atoms with Crippen LogP contribution < -0.4 is 16.0 Å². The smallest absolute Gasteiger partial charge is 0.223 e. The van der Waals surface area contributed by atoms with E-state index < -0.39 is 0 Å². The van der Waals surface area contributed by atoms with Gasteiger partial charge in [-0.1, -0.05) is 23.7 Å². The van der Waals surface area contributed by atoms with Gasteiger partial charge in [0, 0.05) is 29.7 Å². The molecule has 2 amide bonds. The molecule has 1 saturated heterocycles. The maximum Gasteiger partial charge on any atom is 0.223 e. The Hall–Kier alpha value is -1.96. The average Bonchev–Trinajstić information content (AvgIpc) is 3.11. The second-order valence-electron chi connectivity index (χ2n) is 6.02. The summed E-state index contributed by atoms with van der Waals surface area (Å²) in [6, 6.07) is 11.0. The van der Waals surface area contributed by atoms with Crippen LogP contribution in [-0.2, 0) is 21.9 Å². The van der Waals surface area contributed by atoms with Crippen LogP contribution in [-0.4, -0.2) is 23.4 Å². The predicted molar refractivity (Wildman–Crippen MR) is 101 cm³/mol. The molecule has 0 spiro atoms. The molecule has 1 aliphatic rings. The van der Waals surface area contributed by atoms with E-state index in [4.69, 9.17) is 16.0 Å². The number of benzene rings is 1. The van der Waals surface area contributed by atoms with Crippen LogP contribution in [0.4, 0.5) is 0 Å². The van der Waals surface area contributed by atoms with Gasteiger partial charge in [-0.05, 0) is 29.8 Å². The summed E-state index contributed by atoms with van der Waals surface area (Å²) in [6.45, 7) is 0.345. The molecule has 0 bridgehead atoms. The van der Waals surface area contributed by atoms with Crippen LogP contribution >= 0.6 is 23.4 Å². The maximum absolute atomic E-state index is 12.1. The van der Waals surface area contributed by atoms with E-state index in [1.54, 1.807) is 30.2 Å². The van der Waals surface area contributed by atoms with E-state index in [9.17, 15) is 9.59 Å². The van der Waals surface area contributed by atoms with E-state index in [1.165, 1.54) is 0 Å². The Morgan fingerprint density at radius 1 is 1.35 bits per heavy atom. The molecule has 0 aliphatic carbocycles. The molecular formula is C18H20ClN3O3S. The molecule has 1 aromatic heterocycles. The third-order valence-corrected chi connectivity index (χ3v) is 5.21. The van der Waals surface area contributed by atoms with Gasteiger partial charge >= 0.3 is 0 Å². The average molecular weight is 394 g/mol. The summed E-state index contributed by atoms with van der Waals surface area (Å²) >= 11 is 7.55. The van der Waals surface area contributed by atoms with Gasteiger partial charge in [0.05, 0.1) is 12.8 Å². The molecule has 3 N–H and O–H groups in total. The monoisotopic (exact) mass is 393 g/mol. The highest BCUT2D eigenvalue weighted by atomic mass is 35.5. The lowest BCUT2D eigenvalue weighted by Crippen LogP contribution is -2.55. The van der Waals surface area contributed by atoms with Gasteiger partial charge in [-0.25, -0.2) is 0 Å². The van der Waals surface area contributed by atoms with Crippen molar-refractivity contribution in [2.75, 3.05) is 0 Å². The van der Waals surface area contributed by atoms with Gasteiger partial charge in [-0.2, -0.15) is 0 Å². The molecular weight excluding hydrogens is 374 g/mol. The van der Waals surface area contributed by atoms with Crippen LogP contribution in [0.2, 0.25) is 5.02 Å². The number of thioether (sulfide) groups is 1. The number of furan rings is 1. The predicted octanol–water partition coefficient (Wildman–Crippen LogP) is 2.63. The third-order valence-electron chi connectivity index (χ3n) is 3.89. The van der Waals surface area contributed by atoms with E-state index in [0.29, 0.717) is 23.1 Å². The van der Waals surface area contributed by atoms with Crippen LogP contribution in [0.25, 0.3) is 0 Å². The van der Waals surface area contributed by atoms with Crippen molar-refractivity contribution in [2.24, 2.45) is 0 Å². The summed E-state index contributed by atoms with van der Waals surface area (Å²) in [7, 11) is 0. The zero-order valence-corrected chi connectivity index (χ0v) is 15.6. The van der Waals surface area contributed by atoms with Crippen LogP contribution in [0.15, 0.2) is 47.1 Å². The van der Waals surface area contributed by atoms with E-state index in [2.05, 4.69) is 16.0 Å². The van der Waals surface area contributed by atoms with Crippen molar-refractivity contribution in [3.05, 3.63) is 59.0 Å². The number of hydrogen-bond donors (Lipinski definition) is 3. The van der Waals surface area contributed by atoms with E-state index in [-0.39, 0.29) is 36.2 Å². The van der Waals surface area contributed by atoms with Crippen molar-refractivity contribution in [1.29, 1.82) is 0 Å². The standard InChI is InChI=1S/C18H20ClN3O3S/c19-13-4-1-3-12(7-13)11-26-18-21-14(9-17(24)22-18)8-16(23)20-10-15-5-2-6-25-15/h1-7,14,18,21H,8-11H2,(H,20,23)(H,22,24). The summed E-state index contributed by atoms with van der Waals surface area (Å²) < 4.78 is 5.18. The molecule has 138 valence electrons. The topological polar surface area (TPSA) is 83.4 Å². The molecule has 3 rings (SSSR count). The minimum atomic E-state index is -0.238. The number of rotatable bonds is 7. The minimum absolute atomic E-state index is 0.0591. The molecule has 26 heavy (non-hydrogen) atoms. The number of carbonyl (C=O) groups excluding carboxylic acids is 2. The van der Waals surface area contributed by atoms with E-state index in [1.807, 2.05) is 24.3 Å². The molecule has 6 nitrogen and oxygen atoms in total. The van der Waals surface area contributed by atoms with Gasteiger partial charge in [-0.15, -0.1) is 11.8 Å². The summed E-state index contributed by atoms with van der Waals surface area (Å²) in [5.41, 5.74) is 0.843. The summed E-state index contributed by atoms with van der Waals surface area (Å²) in [5, 5.41) is 9.69. The number of halogens is 1. The highest BCUT2D eigenvalue weighted by Crippen LogP contribution is 2.21. The zero-order chi connectivity index (χ0) is 18.4. The first-order valence-electron chi connectivity index (χ1n) is 8.29. The van der Waals surface area contributed by atoms with Crippen LogP contribution in [0.3, 0.4) is 0 Å². The molecule has 1 fully saturated rings. The van der Waals surface area contributed by atoms with E-state index >= 15 is 0 Å². The van der Waals surface area contributed by atoms with E-state index in [0.717, 1.165) is 5.56 Å². The fourth-order valence-electron chi connectivity index (χ4n) is 2.67. The van der Waals surface area contributed by atoms with Gasteiger partial charge < -0.3 is 15.1 Å². The summed E-state index contributed by atoms with van der Waals surface area (Å²) in [6.07, 6.45) is 2.08. The Balaban J connectivity index is 1.46. The van der Waals surface area contributed by atoms with Gasteiger partial charge in [0.15, 0.2) is 0 Å². The van der Waals surface area contributed by atoms with Crippen molar-refractivity contribution in [3.8, 4) is 0 Å². The molecule has 8 heteroatoms. The Morgan fingerprint density at radius 3 is 3.00 bits per heavy atom. The highest BCUT2D eigenvalue weighted by molar-refractivity contribution is 7.99. The third kappa shape index (κ3) is 5.79. The molecule has 2 unspecified atom stereocenters. The number of carbonyl (C=O) groups is 2. The highest BCUT2D eigenvalue weighted by Gasteiger charge is 2.27. The fourth-order valence-corrected chi connectivity index (χ4v) is 3.92. The van der Waals surface area contributed by atoms with Crippen molar-refractivity contribution in [2.45, 2.75) is 36.7 Å². The molecule has 1 aliphatic heterocycles. The Labute approximate surface area is 161 Å². The first-order chi connectivity index (χ1) is 12.6. The van der Waals surface area contributed by atoms with Crippen molar-refractivity contribution < 1.29 is 14.0 Å². The Kier molecular flexibility index (Phi) is 6.60. The van der Waals surface area contributed by atoms with Crippen LogP contribution in [0.5, 0.6) is 0 Å². The number of amides is 2. The quantitative estimate of drug-likeness (QED) is 0.673. The second kappa shape index (κ2) is 9.12. The molecule has 0 saturated carbocycles. The second-order valence-corrected chi connectivity index (χ2v) is 7.55. The van der Waals surface area contributed by atoms with Crippen LogP contribution in [0.1, 0.15) is 24.2 Å². The molecule has 0 radical (unpaired) electrons. The SMILES string of the molecule is O=C(CC1CC(=O)NC(SCc2cccc(Cl)c2)N1)NCc1ccco1. The zero-order valence-electron chi connectivity index (χ0n) is 14.0. The summed E-state index contributed by atoms with van der Waals surface area (Å²) in [5.74, 6) is 1.22. The largest absolute Gasteiger partial charge is 0.467 e. The number of nitrogens with one attached hydrogen (secondary N) is 3. The van der Waals surface area contributed by atoms with Crippen LogP contribution in [0, 0.1) is 0 Å². The minimum Gasteiger partial charge on any atom is -0.467 e. The molecule has 2 heterocycles. The first kappa shape index (κ1) is 18.8. The van der Waals surface area contributed by atoms with Crippen molar-refractivity contribution >= 4 is 35.2 Å². The fraction of sp³-hybridized carbons (Fsp3) is 0.333.